The second-order valence-electron chi connectivity index (χ2n) is 5.99. The van der Waals surface area contributed by atoms with Crippen molar-refractivity contribution in [3.63, 3.8) is 0 Å². The Morgan fingerprint density at radius 2 is 1.90 bits per heavy atom. The first-order valence-corrected chi connectivity index (χ1v) is 7.76. The van der Waals surface area contributed by atoms with Gasteiger partial charge in [-0.3, -0.25) is 0 Å². The lowest BCUT2D eigenvalue weighted by Gasteiger charge is -2.29. The molecule has 2 aliphatic rings. The van der Waals surface area contributed by atoms with E-state index < -0.39 is 0 Å². The highest BCUT2D eigenvalue weighted by Gasteiger charge is 2.23. The molecule has 1 fully saturated rings. The first-order valence-electron chi connectivity index (χ1n) is 7.76. The number of hydrogen-bond acceptors (Lipinski definition) is 3. The van der Waals surface area contributed by atoms with E-state index in [4.69, 9.17) is 9.94 Å². The van der Waals surface area contributed by atoms with Crippen LogP contribution in [0.2, 0.25) is 0 Å². The summed E-state index contributed by atoms with van der Waals surface area (Å²) in [6, 6.07) is 8.80. The van der Waals surface area contributed by atoms with Gasteiger partial charge in [-0.1, -0.05) is 29.4 Å². The summed E-state index contributed by atoms with van der Waals surface area (Å²) in [5.74, 6) is 0.563. The zero-order valence-electron chi connectivity index (χ0n) is 11.9. The van der Waals surface area contributed by atoms with Gasteiger partial charge in [0.2, 0.25) is 0 Å². The fourth-order valence-electron chi connectivity index (χ4n) is 3.47. The maximum atomic E-state index is 8.77. The summed E-state index contributed by atoms with van der Waals surface area (Å²) in [5, 5.41) is 12.1. The number of aryl methyl sites for hydroxylation is 1. The Morgan fingerprint density at radius 3 is 2.70 bits per heavy atom. The zero-order valence-corrected chi connectivity index (χ0v) is 11.9. The molecule has 1 saturated carbocycles. The minimum atomic E-state index is 0.342. The fourth-order valence-corrected chi connectivity index (χ4v) is 3.47. The molecule has 3 nitrogen and oxygen atoms in total. The van der Waals surface area contributed by atoms with Gasteiger partial charge in [0.25, 0.3) is 0 Å². The van der Waals surface area contributed by atoms with Crippen LogP contribution in [0.1, 0.15) is 55.6 Å². The van der Waals surface area contributed by atoms with Crippen LogP contribution in [-0.4, -0.2) is 23.6 Å². The van der Waals surface area contributed by atoms with Crippen molar-refractivity contribution in [2.75, 3.05) is 6.61 Å². The van der Waals surface area contributed by atoms with Crippen molar-refractivity contribution in [1.82, 2.24) is 0 Å². The number of hydrogen-bond donors (Lipinski definition) is 1. The van der Waals surface area contributed by atoms with Crippen LogP contribution in [0.3, 0.4) is 0 Å². The monoisotopic (exact) mass is 273 g/mol. The highest BCUT2D eigenvalue weighted by atomic mass is 16.5. The highest BCUT2D eigenvalue weighted by molar-refractivity contribution is 5.84. The fraction of sp³-hybridized carbons (Fsp3) is 0.588. The van der Waals surface area contributed by atoms with Crippen molar-refractivity contribution < 1.29 is 9.94 Å². The predicted molar refractivity (Wildman–Crippen MR) is 79.6 cm³/mol. The van der Waals surface area contributed by atoms with Gasteiger partial charge in [0.1, 0.15) is 0 Å². The molecular formula is C17H23NO2. The van der Waals surface area contributed by atoms with Gasteiger partial charge in [-0.2, -0.15) is 0 Å². The molecule has 0 bridgehead atoms. The van der Waals surface area contributed by atoms with E-state index in [1.807, 2.05) is 0 Å². The lowest BCUT2D eigenvalue weighted by molar-refractivity contribution is 0.0283. The topological polar surface area (TPSA) is 41.8 Å². The molecule has 1 aromatic carbocycles. The second kappa shape index (κ2) is 6.40. The van der Waals surface area contributed by atoms with Crippen LogP contribution < -0.4 is 0 Å². The second-order valence-corrected chi connectivity index (χ2v) is 5.99. The van der Waals surface area contributed by atoms with E-state index in [0.29, 0.717) is 12.0 Å². The van der Waals surface area contributed by atoms with E-state index in [1.54, 1.807) is 0 Å². The maximum Gasteiger partial charge on any atom is 0.0582 e. The zero-order chi connectivity index (χ0) is 13.8. The van der Waals surface area contributed by atoms with Gasteiger partial charge in [-0.15, -0.1) is 0 Å². The number of rotatable bonds is 3. The van der Waals surface area contributed by atoms with Crippen LogP contribution in [0.25, 0.3) is 0 Å². The quantitative estimate of drug-likeness (QED) is 0.670. The van der Waals surface area contributed by atoms with E-state index in [2.05, 4.69) is 29.4 Å². The molecule has 0 amide bonds. The molecule has 1 aromatic rings. The third kappa shape index (κ3) is 3.04. The number of nitrogens with zero attached hydrogens (tertiary/aromatic N) is 1. The summed E-state index contributed by atoms with van der Waals surface area (Å²) in [5.41, 5.74) is 3.92. The summed E-state index contributed by atoms with van der Waals surface area (Å²) in [7, 11) is 0. The van der Waals surface area contributed by atoms with Crippen LogP contribution in [0, 0.1) is 0 Å². The van der Waals surface area contributed by atoms with Crippen molar-refractivity contribution in [2.24, 2.45) is 5.16 Å². The molecule has 20 heavy (non-hydrogen) atoms. The molecule has 3 heteroatoms. The Balaban J connectivity index is 1.55. The summed E-state index contributed by atoms with van der Waals surface area (Å²) >= 11 is 0. The van der Waals surface area contributed by atoms with Crippen molar-refractivity contribution in [3.8, 4) is 0 Å². The molecular weight excluding hydrogens is 250 g/mol. The minimum absolute atomic E-state index is 0.342. The molecule has 1 unspecified atom stereocenters. The molecule has 0 heterocycles. The maximum absolute atomic E-state index is 8.77. The Labute approximate surface area is 120 Å². The van der Waals surface area contributed by atoms with Crippen molar-refractivity contribution in [2.45, 2.75) is 57.0 Å². The van der Waals surface area contributed by atoms with E-state index in [1.165, 1.54) is 30.4 Å². The van der Waals surface area contributed by atoms with Gasteiger partial charge < -0.3 is 9.94 Å². The standard InChI is InChI=1S/C17H23NO2/c19-18-15-8-10-16(11-9-15)20-12-14-6-3-5-13-4-1-2-7-17(13)14/h1-2,4,7,14,16,19H,3,5-6,8-12H2. The van der Waals surface area contributed by atoms with Crippen molar-refractivity contribution in [1.29, 1.82) is 0 Å². The van der Waals surface area contributed by atoms with Gasteiger partial charge in [0.05, 0.1) is 18.4 Å². The normalized spacial score (nSPS) is 26.1. The molecule has 1 atom stereocenters. The van der Waals surface area contributed by atoms with Crippen molar-refractivity contribution >= 4 is 5.71 Å². The van der Waals surface area contributed by atoms with Crippen LogP contribution in [0.4, 0.5) is 0 Å². The van der Waals surface area contributed by atoms with Gasteiger partial charge >= 0.3 is 0 Å². The highest BCUT2D eigenvalue weighted by Crippen LogP contribution is 2.32. The third-order valence-corrected chi connectivity index (χ3v) is 4.68. The van der Waals surface area contributed by atoms with Crippen LogP contribution in [-0.2, 0) is 11.2 Å². The molecule has 0 spiro atoms. The van der Waals surface area contributed by atoms with Crippen molar-refractivity contribution in [3.05, 3.63) is 35.4 Å². The van der Waals surface area contributed by atoms with Gasteiger partial charge in [-0.25, -0.2) is 0 Å². The summed E-state index contributed by atoms with van der Waals surface area (Å²) in [6.45, 7) is 0.841. The average Bonchev–Trinajstić information content (AvgIpc) is 2.53. The molecule has 2 aliphatic carbocycles. The Bertz CT molecular complexity index is 474. The number of ether oxygens (including phenoxy) is 1. The lowest BCUT2D eigenvalue weighted by atomic mass is 9.83. The molecule has 0 saturated heterocycles. The van der Waals surface area contributed by atoms with Gasteiger partial charge in [-0.05, 0) is 56.1 Å². The predicted octanol–water partition coefficient (Wildman–Crippen LogP) is 3.90. The smallest absolute Gasteiger partial charge is 0.0582 e. The van der Waals surface area contributed by atoms with Crippen LogP contribution in [0.5, 0.6) is 0 Å². The van der Waals surface area contributed by atoms with Gasteiger partial charge in [0, 0.05) is 5.92 Å². The summed E-state index contributed by atoms with van der Waals surface area (Å²) in [6.07, 6.45) is 7.82. The average molecular weight is 273 g/mol. The van der Waals surface area contributed by atoms with Crippen LogP contribution >= 0.6 is 0 Å². The number of oxime groups is 1. The molecule has 0 radical (unpaired) electrons. The van der Waals surface area contributed by atoms with E-state index in [-0.39, 0.29) is 0 Å². The molecule has 108 valence electrons. The first-order chi connectivity index (χ1) is 9.86. The largest absolute Gasteiger partial charge is 0.411 e. The molecule has 1 N–H and O–H groups in total. The SMILES string of the molecule is ON=C1CCC(OCC2CCCc3ccccc32)CC1. The Kier molecular flexibility index (Phi) is 4.36. The first kappa shape index (κ1) is 13.6. The van der Waals surface area contributed by atoms with Crippen LogP contribution in [0.15, 0.2) is 29.4 Å². The van der Waals surface area contributed by atoms with E-state index in [0.717, 1.165) is 38.0 Å². The summed E-state index contributed by atoms with van der Waals surface area (Å²) < 4.78 is 6.14. The van der Waals surface area contributed by atoms with E-state index >= 15 is 0 Å². The Morgan fingerprint density at radius 1 is 1.10 bits per heavy atom. The van der Waals surface area contributed by atoms with Gasteiger partial charge in [0.15, 0.2) is 0 Å². The third-order valence-electron chi connectivity index (χ3n) is 4.68. The molecule has 3 rings (SSSR count). The minimum Gasteiger partial charge on any atom is -0.411 e. The molecule has 0 aliphatic heterocycles. The number of benzene rings is 1. The van der Waals surface area contributed by atoms with E-state index in [9.17, 15) is 0 Å². The Hall–Kier alpha value is -1.35. The molecule has 0 aromatic heterocycles. The number of fused-ring (bicyclic) bond motifs is 1. The summed E-state index contributed by atoms with van der Waals surface area (Å²) in [4.78, 5) is 0. The lowest BCUT2D eigenvalue weighted by Crippen LogP contribution is -2.25.